The first-order valence-electron chi connectivity index (χ1n) is 12.9. The number of benzene rings is 2. The Labute approximate surface area is 207 Å². The van der Waals surface area contributed by atoms with Crippen molar-refractivity contribution in [2.24, 2.45) is 0 Å². The largest absolute Gasteiger partial charge is 0.462 e. The van der Waals surface area contributed by atoms with E-state index in [1.807, 2.05) is 0 Å². The van der Waals surface area contributed by atoms with E-state index in [1.165, 1.54) is 40.3 Å². The summed E-state index contributed by atoms with van der Waals surface area (Å²) in [5.74, 6) is 0. The van der Waals surface area contributed by atoms with Crippen LogP contribution in [0, 0.1) is 6.92 Å². The fourth-order valence-electron chi connectivity index (χ4n) is 5.81. The molecule has 1 N–H and O–H groups in total. The normalized spacial score (nSPS) is 22.7. The number of hydrogen-bond acceptors (Lipinski definition) is 6. The second-order valence-electron chi connectivity index (χ2n) is 10.1. The second kappa shape index (κ2) is 9.69. The molecule has 0 spiro atoms. The third-order valence-corrected chi connectivity index (χ3v) is 7.82. The Bertz CT molecular complexity index is 1270. The average Bonchev–Trinajstić information content (AvgIpc) is 3.31. The molecular formula is C29H34N4O2. The monoisotopic (exact) mass is 470 g/mol. The number of rotatable bonds is 5. The highest BCUT2D eigenvalue weighted by molar-refractivity contribution is 5.89. The molecule has 4 heterocycles. The van der Waals surface area contributed by atoms with Crippen molar-refractivity contribution in [2.75, 3.05) is 33.3 Å². The fourth-order valence-corrected chi connectivity index (χ4v) is 5.81. The number of likely N-dealkylation sites (tertiary alicyclic amines) is 1. The predicted molar refractivity (Wildman–Crippen MR) is 139 cm³/mol. The number of nitrogens with one attached hydrogen (secondary N) is 1. The Balaban J connectivity index is 1.35. The van der Waals surface area contributed by atoms with Crippen molar-refractivity contribution in [1.29, 1.82) is 0 Å². The molecule has 2 atom stereocenters. The summed E-state index contributed by atoms with van der Waals surface area (Å²) in [5, 5.41) is 5.96. The molecule has 3 aromatic rings. The summed E-state index contributed by atoms with van der Waals surface area (Å²) in [4.78, 5) is 12.3. The van der Waals surface area contributed by atoms with Crippen LogP contribution >= 0.6 is 0 Å². The quantitative estimate of drug-likeness (QED) is 0.588. The van der Waals surface area contributed by atoms with Crippen LogP contribution in [0.1, 0.15) is 53.4 Å². The SMILES string of the molecule is Cc1cccc2cccc(C3Cc4nc(OC[C@@H]5CCCN5C)nc(C5=CCNCC5)c4CO3)c12. The number of hydrogen-bond donors (Lipinski definition) is 1. The molecule has 1 fully saturated rings. The lowest BCUT2D eigenvalue weighted by molar-refractivity contribution is 0.0260. The smallest absolute Gasteiger partial charge is 0.317 e. The van der Waals surface area contributed by atoms with Gasteiger partial charge in [-0.15, -0.1) is 0 Å². The third-order valence-electron chi connectivity index (χ3n) is 7.82. The van der Waals surface area contributed by atoms with E-state index in [4.69, 9.17) is 19.4 Å². The van der Waals surface area contributed by atoms with Gasteiger partial charge in [0.05, 0.1) is 24.1 Å². The number of ether oxygens (including phenoxy) is 2. The van der Waals surface area contributed by atoms with Crippen molar-refractivity contribution in [3.05, 3.63) is 70.6 Å². The molecule has 0 saturated carbocycles. The molecule has 0 bridgehead atoms. The molecule has 0 radical (unpaired) electrons. The van der Waals surface area contributed by atoms with Crippen molar-refractivity contribution in [3.63, 3.8) is 0 Å². The predicted octanol–water partition coefficient (Wildman–Crippen LogP) is 4.60. The van der Waals surface area contributed by atoms with Gasteiger partial charge in [0.2, 0.25) is 0 Å². The van der Waals surface area contributed by atoms with Gasteiger partial charge in [0.25, 0.3) is 0 Å². The summed E-state index contributed by atoms with van der Waals surface area (Å²) in [5.41, 5.74) is 6.98. The van der Waals surface area contributed by atoms with Gasteiger partial charge in [0.15, 0.2) is 0 Å². The molecule has 6 heteroatoms. The molecule has 182 valence electrons. The van der Waals surface area contributed by atoms with Crippen LogP contribution in [0.25, 0.3) is 16.3 Å². The number of nitrogens with zero attached hydrogens (tertiary/aromatic N) is 3. The van der Waals surface area contributed by atoms with Gasteiger partial charge in [-0.05, 0) is 73.8 Å². The zero-order valence-electron chi connectivity index (χ0n) is 20.7. The molecule has 3 aliphatic rings. The van der Waals surface area contributed by atoms with Crippen LogP contribution in [0.3, 0.4) is 0 Å². The van der Waals surface area contributed by atoms with E-state index in [2.05, 4.69) is 66.7 Å². The molecule has 2 aromatic carbocycles. The first-order chi connectivity index (χ1) is 17.2. The van der Waals surface area contributed by atoms with Crippen LogP contribution < -0.4 is 10.1 Å². The van der Waals surface area contributed by atoms with Crippen molar-refractivity contribution in [2.45, 2.75) is 51.4 Å². The van der Waals surface area contributed by atoms with E-state index >= 15 is 0 Å². The van der Waals surface area contributed by atoms with E-state index in [-0.39, 0.29) is 6.10 Å². The van der Waals surface area contributed by atoms with Gasteiger partial charge >= 0.3 is 6.01 Å². The first-order valence-corrected chi connectivity index (χ1v) is 12.9. The molecule has 0 aliphatic carbocycles. The van der Waals surface area contributed by atoms with Crippen molar-refractivity contribution in [3.8, 4) is 6.01 Å². The topological polar surface area (TPSA) is 59.5 Å². The van der Waals surface area contributed by atoms with Crippen LogP contribution in [-0.2, 0) is 17.8 Å². The van der Waals surface area contributed by atoms with E-state index in [9.17, 15) is 0 Å². The molecule has 1 unspecified atom stereocenters. The van der Waals surface area contributed by atoms with Crippen LogP contribution in [0.5, 0.6) is 6.01 Å². The molecule has 35 heavy (non-hydrogen) atoms. The summed E-state index contributed by atoms with van der Waals surface area (Å²) >= 11 is 0. The molecule has 0 amide bonds. The summed E-state index contributed by atoms with van der Waals surface area (Å²) in [6, 6.07) is 13.9. The number of likely N-dealkylation sites (N-methyl/N-ethyl adjacent to an activating group) is 1. The van der Waals surface area contributed by atoms with Crippen LogP contribution in [0.4, 0.5) is 0 Å². The minimum Gasteiger partial charge on any atom is -0.462 e. The van der Waals surface area contributed by atoms with E-state index in [0.29, 0.717) is 25.3 Å². The highest BCUT2D eigenvalue weighted by Crippen LogP contribution is 2.38. The fraction of sp³-hybridized carbons (Fsp3) is 0.448. The highest BCUT2D eigenvalue weighted by Gasteiger charge is 2.29. The standard InChI is InChI=1S/C29H34N4O2/c1-19-6-3-7-20-8-4-10-23(27(19)20)26-16-25-24(18-34-26)28(21-11-13-30-14-12-21)32-29(31-25)35-17-22-9-5-15-33(22)2/h3-4,6-8,10-11,22,26,30H,5,9,12-18H2,1-2H3/t22-,26?/m0/s1. The minimum absolute atomic E-state index is 0.0362. The summed E-state index contributed by atoms with van der Waals surface area (Å²) in [6.45, 7) is 6.31. The van der Waals surface area contributed by atoms with Crippen LogP contribution in [-0.4, -0.2) is 54.2 Å². The van der Waals surface area contributed by atoms with Gasteiger partial charge in [-0.1, -0.05) is 42.5 Å². The first kappa shape index (κ1) is 22.7. The second-order valence-corrected chi connectivity index (χ2v) is 10.1. The summed E-state index contributed by atoms with van der Waals surface area (Å²) in [7, 11) is 2.17. The Hall–Kier alpha value is -2.80. The Kier molecular flexibility index (Phi) is 6.27. The Morgan fingerprint density at radius 2 is 2.06 bits per heavy atom. The molecular weight excluding hydrogens is 436 g/mol. The maximum absolute atomic E-state index is 6.51. The lowest BCUT2D eigenvalue weighted by Gasteiger charge is -2.29. The van der Waals surface area contributed by atoms with Crippen molar-refractivity contribution >= 4 is 16.3 Å². The maximum Gasteiger partial charge on any atom is 0.317 e. The number of aryl methyl sites for hydroxylation is 1. The van der Waals surface area contributed by atoms with Gasteiger partial charge in [-0.25, -0.2) is 0 Å². The summed E-state index contributed by atoms with van der Waals surface area (Å²) in [6.07, 6.45) is 6.29. The van der Waals surface area contributed by atoms with E-state index in [1.54, 1.807) is 0 Å². The van der Waals surface area contributed by atoms with Gasteiger partial charge in [-0.2, -0.15) is 9.97 Å². The molecule has 6 rings (SSSR count). The van der Waals surface area contributed by atoms with Crippen molar-refractivity contribution < 1.29 is 9.47 Å². The molecule has 3 aliphatic heterocycles. The highest BCUT2D eigenvalue weighted by atomic mass is 16.5. The third kappa shape index (κ3) is 4.46. The zero-order chi connectivity index (χ0) is 23.8. The van der Waals surface area contributed by atoms with Gasteiger partial charge < -0.3 is 19.7 Å². The van der Waals surface area contributed by atoms with Gasteiger partial charge in [-0.3, -0.25) is 0 Å². The number of aromatic nitrogens is 2. The van der Waals surface area contributed by atoms with Crippen LogP contribution in [0.2, 0.25) is 0 Å². The number of fused-ring (bicyclic) bond motifs is 2. The van der Waals surface area contributed by atoms with Crippen LogP contribution in [0.15, 0.2) is 42.5 Å². The van der Waals surface area contributed by atoms with Gasteiger partial charge in [0.1, 0.15) is 6.61 Å². The Morgan fingerprint density at radius 3 is 2.86 bits per heavy atom. The molecule has 1 aromatic heterocycles. The molecule has 1 saturated heterocycles. The summed E-state index contributed by atoms with van der Waals surface area (Å²) < 4.78 is 12.8. The van der Waals surface area contributed by atoms with Crippen molar-refractivity contribution in [1.82, 2.24) is 20.2 Å². The van der Waals surface area contributed by atoms with E-state index < -0.39 is 0 Å². The zero-order valence-corrected chi connectivity index (χ0v) is 20.7. The lowest BCUT2D eigenvalue weighted by atomic mass is 9.91. The maximum atomic E-state index is 6.51. The van der Waals surface area contributed by atoms with Gasteiger partial charge in [0, 0.05) is 24.6 Å². The Morgan fingerprint density at radius 1 is 1.17 bits per heavy atom. The lowest BCUT2D eigenvalue weighted by Crippen LogP contribution is -2.31. The average molecular weight is 471 g/mol. The van der Waals surface area contributed by atoms with E-state index in [0.717, 1.165) is 49.4 Å². The molecule has 6 nitrogen and oxygen atoms in total. The minimum atomic E-state index is -0.0362.